The van der Waals surface area contributed by atoms with Gasteiger partial charge in [0, 0.05) is 10.5 Å². The normalized spacial score (nSPS) is 11.2. The summed E-state index contributed by atoms with van der Waals surface area (Å²) >= 11 is 9.56. The highest BCUT2D eigenvalue weighted by Gasteiger charge is 2.19. The lowest BCUT2D eigenvalue weighted by Crippen LogP contribution is -2.16. The number of aromatic nitrogens is 6. The number of fused-ring (bicyclic) bond motifs is 1. The number of nitrogens with one attached hydrogen (secondary N) is 1. The van der Waals surface area contributed by atoms with Gasteiger partial charge < -0.3 is 5.32 Å². The second kappa shape index (κ2) is 8.38. The van der Waals surface area contributed by atoms with Crippen molar-refractivity contribution in [3.63, 3.8) is 0 Å². The predicted molar refractivity (Wildman–Crippen MR) is 126 cm³/mol. The maximum Gasteiger partial charge on any atom is 0.258 e. The molecule has 1 N–H and O–H groups in total. The van der Waals surface area contributed by atoms with E-state index in [9.17, 15) is 9.18 Å². The number of amides is 1. The third-order valence-corrected chi connectivity index (χ3v) is 5.69. The van der Waals surface area contributed by atoms with Gasteiger partial charge in [0.15, 0.2) is 11.5 Å². The molecule has 2 aromatic carbocycles. The van der Waals surface area contributed by atoms with Crippen LogP contribution in [0.1, 0.15) is 16.1 Å². The van der Waals surface area contributed by atoms with Gasteiger partial charge in [-0.3, -0.25) is 4.79 Å². The summed E-state index contributed by atoms with van der Waals surface area (Å²) in [5.41, 5.74) is 2.13. The first-order valence-corrected chi connectivity index (χ1v) is 10.9. The molecule has 3 aromatic heterocycles. The first-order valence-electron chi connectivity index (χ1n) is 9.69. The number of carbonyl (C=O) groups is 1. The molecule has 0 saturated carbocycles. The first-order chi connectivity index (χ1) is 15.9. The second-order valence-corrected chi connectivity index (χ2v) is 8.45. The Kier molecular flexibility index (Phi) is 5.39. The molecule has 0 aliphatic rings. The van der Waals surface area contributed by atoms with Gasteiger partial charge in [0.1, 0.15) is 18.0 Å². The maximum absolute atomic E-state index is 13.3. The third-order valence-electron chi connectivity index (χ3n) is 4.86. The van der Waals surface area contributed by atoms with E-state index in [1.165, 1.54) is 23.1 Å². The standard InChI is InChI=1S/C22H14BrClFN7O/c1-12-8-19(29-22(33)16-9-13(23)2-7-18(16)24)32(30-12)21-17-10-28-31(20(17)26-11-27-21)15-5-3-14(25)4-6-15/h2-11H,1H3,(H,29,33). The molecule has 5 aromatic rings. The summed E-state index contributed by atoms with van der Waals surface area (Å²) in [7, 11) is 0. The lowest BCUT2D eigenvalue weighted by molar-refractivity contribution is 0.102. The highest BCUT2D eigenvalue weighted by Crippen LogP contribution is 2.26. The number of anilines is 1. The number of carbonyl (C=O) groups excluding carboxylic acids is 1. The van der Waals surface area contributed by atoms with Crippen LogP contribution in [0.15, 0.2) is 65.5 Å². The summed E-state index contributed by atoms with van der Waals surface area (Å²) in [6, 6.07) is 12.7. The van der Waals surface area contributed by atoms with Crippen molar-refractivity contribution in [3.05, 3.63) is 87.6 Å². The van der Waals surface area contributed by atoms with Gasteiger partial charge in [-0.25, -0.2) is 19.0 Å². The largest absolute Gasteiger partial charge is 0.306 e. The van der Waals surface area contributed by atoms with Gasteiger partial charge in [0.25, 0.3) is 5.91 Å². The molecule has 0 aliphatic carbocycles. The minimum absolute atomic E-state index is 0.313. The molecule has 164 valence electrons. The first kappa shape index (κ1) is 21.2. The van der Waals surface area contributed by atoms with Gasteiger partial charge in [0.2, 0.25) is 0 Å². The minimum Gasteiger partial charge on any atom is -0.306 e. The van der Waals surface area contributed by atoms with Crippen molar-refractivity contribution >= 4 is 50.3 Å². The van der Waals surface area contributed by atoms with E-state index in [0.29, 0.717) is 44.6 Å². The number of aryl methyl sites for hydroxylation is 1. The van der Waals surface area contributed by atoms with Crippen LogP contribution >= 0.6 is 27.5 Å². The van der Waals surface area contributed by atoms with Gasteiger partial charge in [-0.1, -0.05) is 27.5 Å². The zero-order valence-electron chi connectivity index (χ0n) is 17.0. The Morgan fingerprint density at radius 2 is 1.88 bits per heavy atom. The van der Waals surface area contributed by atoms with Crippen molar-refractivity contribution in [2.75, 3.05) is 5.32 Å². The molecule has 0 spiro atoms. The van der Waals surface area contributed by atoms with Crippen LogP contribution in [0.4, 0.5) is 10.2 Å². The van der Waals surface area contributed by atoms with Crippen molar-refractivity contribution in [1.29, 1.82) is 0 Å². The molecule has 3 heterocycles. The van der Waals surface area contributed by atoms with Crippen LogP contribution in [0.5, 0.6) is 0 Å². The van der Waals surface area contributed by atoms with E-state index in [1.807, 2.05) is 0 Å². The van der Waals surface area contributed by atoms with E-state index in [1.54, 1.807) is 54.2 Å². The van der Waals surface area contributed by atoms with Crippen LogP contribution < -0.4 is 5.32 Å². The maximum atomic E-state index is 13.3. The van der Waals surface area contributed by atoms with Crippen LogP contribution in [0, 0.1) is 12.7 Å². The Hall–Kier alpha value is -3.63. The van der Waals surface area contributed by atoms with Crippen LogP contribution in [0.25, 0.3) is 22.5 Å². The Balaban J connectivity index is 1.57. The zero-order valence-corrected chi connectivity index (χ0v) is 19.3. The monoisotopic (exact) mass is 525 g/mol. The molecule has 1 amide bonds. The molecule has 0 fully saturated rings. The number of hydrogen-bond donors (Lipinski definition) is 1. The Morgan fingerprint density at radius 3 is 2.67 bits per heavy atom. The number of rotatable bonds is 4. The molecule has 0 atom stereocenters. The van der Waals surface area contributed by atoms with Gasteiger partial charge >= 0.3 is 0 Å². The molecule has 0 saturated heterocycles. The van der Waals surface area contributed by atoms with E-state index in [2.05, 4.69) is 41.4 Å². The van der Waals surface area contributed by atoms with Crippen molar-refractivity contribution in [3.8, 4) is 11.5 Å². The predicted octanol–water partition coefficient (Wildman–Crippen LogP) is 5.12. The average molecular weight is 527 g/mol. The summed E-state index contributed by atoms with van der Waals surface area (Å²) in [6.45, 7) is 1.80. The van der Waals surface area contributed by atoms with E-state index >= 15 is 0 Å². The Morgan fingerprint density at radius 1 is 1.09 bits per heavy atom. The average Bonchev–Trinajstić information content (AvgIpc) is 3.39. The molecule has 0 aliphatic heterocycles. The summed E-state index contributed by atoms with van der Waals surface area (Å²) in [5.74, 6) is 0.0957. The van der Waals surface area contributed by atoms with Gasteiger partial charge in [0.05, 0.1) is 33.6 Å². The van der Waals surface area contributed by atoms with Crippen LogP contribution in [-0.4, -0.2) is 35.4 Å². The number of halogens is 3. The Bertz CT molecular complexity index is 1510. The second-order valence-electron chi connectivity index (χ2n) is 7.13. The summed E-state index contributed by atoms with van der Waals surface area (Å²) in [5, 5.41) is 12.7. The fourth-order valence-electron chi connectivity index (χ4n) is 3.38. The van der Waals surface area contributed by atoms with E-state index in [-0.39, 0.29) is 5.82 Å². The van der Waals surface area contributed by atoms with E-state index < -0.39 is 5.91 Å². The molecule has 8 nitrogen and oxygen atoms in total. The van der Waals surface area contributed by atoms with Gasteiger partial charge in [-0.15, -0.1) is 0 Å². The molecule has 33 heavy (non-hydrogen) atoms. The highest BCUT2D eigenvalue weighted by molar-refractivity contribution is 9.10. The summed E-state index contributed by atoms with van der Waals surface area (Å²) < 4.78 is 17.2. The van der Waals surface area contributed by atoms with E-state index in [4.69, 9.17) is 11.6 Å². The lowest BCUT2D eigenvalue weighted by Gasteiger charge is -2.10. The number of benzene rings is 2. The van der Waals surface area contributed by atoms with Crippen molar-refractivity contribution in [2.45, 2.75) is 6.92 Å². The fraction of sp³-hybridized carbons (Fsp3) is 0.0455. The highest BCUT2D eigenvalue weighted by atomic mass is 79.9. The van der Waals surface area contributed by atoms with Crippen molar-refractivity contribution < 1.29 is 9.18 Å². The van der Waals surface area contributed by atoms with Crippen LogP contribution in [0.3, 0.4) is 0 Å². The third kappa shape index (κ3) is 3.98. The lowest BCUT2D eigenvalue weighted by atomic mass is 10.2. The van der Waals surface area contributed by atoms with Crippen molar-refractivity contribution in [1.82, 2.24) is 29.5 Å². The summed E-state index contributed by atoms with van der Waals surface area (Å²) in [4.78, 5) is 21.6. The van der Waals surface area contributed by atoms with Crippen LogP contribution in [0.2, 0.25) is 5.02 Å². The topological polar surface area (TPSA) is 90.5 Å². The number of nitrogens with zero attached hydrogens (tertiary/aromatic N) is 6. The Labute approximate surface area is 200 Å². The molecule has 0 unspecified atom stereocenters. The zero-order chi connectivity index (χ0) is 23.1. The smallest absolute Gasteiger partial charge is 0.258 e. The number of hydrogen-bond acceptors (Lipinski definition) is 5. The molecular formula is C22H14BrClFN7O. The molecule has 0 bridgehead atoms. The van der Waals surface area contributed by atoms with Crippen LogP contribution in [-0.2, 0) is 0 Å². The fourth-order valence-corrected chi connectivity index (χ4v) is 3.94. The summed E-state index contributed by atoms with van der Waals surface area (Å²) in [6.07, 6.45) is 2.98. The van der Waals surface area contributed by atoms with Crippen molar-refractivity contribution in [2.24, 2.45) is 0 Å². The quantitative estimate of drug-likeness (QED) is 0.351. The molecule has 5 rings (SSSR count). The molecular weight excluding hydrogens is 513 g/mol. The molecule has 0 radical (unpaired) electrons. The molecule has 11 heteroatoms. The minimum atomic E-state index is -0.394. The van der Waals surface area contributed by atoms with Gasteiger partial charge in [-0.2, -0.15) is 14.9 Å². The van der Waals surface area contributed by atoms with E-state index in [0.717, 1.165) is 4.47 Å². The van der Waals surface area contributed by atoms with Gasteiger partial charge in [-0.05, 0) is 49.4 Å². The SMILES string of the molecule is Cc1cc(NC(=O)c2cc(Br)ccc2Cl)n(-c2ncnc3c2cnn3-c2ccc(F)cc2)n1.